The van der Waals surface area contributed by atoms with Crippen molar-refractivity contribution < 1.29 is 9.53 Å². The first-order valence-corrected chi connectivity index (χ1v) is 7.91. The maximum Gasteiger partial charge on any atom is 0.315 e. The number of carbonyl (C=O) groups is 1. The van der Waals surface area contributed by atoms with E-state index in [1.807, 2.05) is 55.5 Å². The third kappa shape index (κ3) is 2.68. The monoisotopic (exact) mass is 307 g/mol. The highest BCUT2D eigenvalue weighted by Crippen LogP contribution is 2.54. The van der Waals surface area contributed by atoms with E-state index in [1.54, 1.807) is 6.08 Å². The predicted octanol–water partition coefficient (Wildman–Crippen LogP) is 3.59. The Morgan fingerprint density at radius 3 is 2.39 bits per heavy atom. The van der Waals surface area contributed by atoms with Crippen LogP contribution in [0.4, 0.5) is 0 Å². The average molecular weight is 307 g/mol. The van der Waals surface area contributed by atoms with Crippen molar-refractivity contribution >= 4 is 5.97 Å². The number of nitrogens with one attached hydrogen (secondary N) is 1. The van der Waals surface area contributed by atoms with Crippen molar-refractivity contribution in [3.63, 3.8) is 0 Å². The zero-order valence-corrected chi connectivity index (χ0v) is 13.2. The Bertz CT molecular complexity index is 683. The summed E-state index contributed by atoms with van der Waals surface area (Å²) in [5.74, 6) is -0.674. The largest absolute Gasteiger partial charge is 0.465 e. The van der Waals surface area contributed by atoms with Gasteiger partial charge in [0.1, 0.15) is 0 Å². The number of hydrogen-bond donors (Lipinski definition) is 1. The van der Waals surface area contributed by atoms with E-state index < -0.39 is 11.5 Å². The van der Waals surface area contributed by atoms with Gasteiger partial charge < -0.3 is 4.74 Å². The average Bonchev–Trinajstić information content (AvgIpc) is 3.34. The fraction of sp³-hybridized carbons (Fsp3) is 0.250. The second-order valence-corrected chi connectivity index (χ2v) is 5.69. The third-order valence-electron chi connectivity index (χ3n) is 4.41. The van der Waals surface area contributed by atoms with E-state index in [2.05, 4.69) is 24.0 Å². The summed E-state index contributed by atoms with van der Waals surface area (Å²) in [5, 5.41) is 3.53. The van der Waals surface area contributed by atoms with Gasteiger partial charge in [-0.05, 0) is 18.1 Å². The van der Waals surface area contributed by atoms with Crippen LogP contribution in [0.15, 0.2) is 73.3 Å². The number of hydrogen-bond acceptors (Lipinski definition) is 3. The lowest BCUT2D eigenvalue weighted by molar-refractivity contribution is -0.147. The molecule has 2 aromatic rings. The van der Waals surface area contributed by atoms with E-state index >= 15 is 0 Å². The molecule has 3 nitrogen and oxygen atoms in total. The Kier molecular flexibility index (Phi) is 4.30. The van der Waals surface area contributed by atoms with E-state index in [1.165, 1.54) is 0 Å². The van der Waals surface area contributed by atoms with Gasteiger partial charge in [0, 0.05) is 0 Å². The fourth-order valence-corrected chi connectivity index (χ4v) is 3.30. The molecule has 1 N–H and O–H groups in total. The van der Waals surface area contributed by atoms with Crippen molar-refractivity contribution in [3.05, 3.63) is 84.4 Å². The molecule has 0 amide bonds. The van der Waals surface area contributed by atoms with Crippen LogP contribution in [0.3, 0.4) is 0 Å². The summed E-state index contributed by atoms with van der Waals surface area (Å²) in [6, 6.07) is 20.3. The Morgan fingerprint density at radius 1 is 1.22 bits per heavy atom. The summed E-state index contributed by atoms with van der Waals surface area (Å²) in [5.41, 5.74) is 1.75. The number of ether oxygens (including phenoxy) is 1. The zero-order chi connectivity index (χ0) is 16.3. The molecule has 0 spiro atoms. The van der Waals surface area contributed by atoms with Crippen LogP contribution in [-0.2, 0) is 15.1 Å². The van der Waals surface area contributed by atoms with Crippen LogP contribution in [0.2, 0.25) is 0 Å². The summed E-state index contributed by atoms with van der Waals surface area (Å²) in [7, 11) is 0. The van der Waals surface area contributed by atoms with Gasteiger partial charge in [0.15, 0.2) is 0 Å². The van der Waals surface area contributed by atoms with Gasteiger partial charge in [-0.3, -0.25) is 10.1 Å². The second kappa shape index (κ2) is 6.39. The minimum absolute atomic E-state index is 0.0681. The summed E-state index contributed by atoms with van der Waals surface area (Å²) in [4.78, 5) is 12.5. The van der Waals surface area contributed by atoms with Gasteiger partial charge in [0.25, 0.3) is 0 Å². The van der Waals surface area contributed by atoms with Crippen LogP contribution in [0.1, 0.15) is 24.1 Å². The summed E-state index contributed by atoms with van der Waals surface area (Å²) < 4.78 is 5.28. The molecule has 0 aliphatic carbocycles. The van der Waals surface area contributed by atoms with E-state index in [4.69, 9.17) is 4.74 Å². The van der Waals surface area contributed by atoms with Gasteiger partial charge in [-0.1, -0.05) is 66.7 Å². The van der Waals surface area contributed by atoms with Gasteiger partial charge in [0.2, 0.25) is 0 Å². The topological polar surface area (TPSA) is 48.2 Å². The van der Waals surface area contributed by atoms with Crippen molar-refractivity contribution in [3.8, 4) is 0 Å². The van der Waals surface area contributed by atoms with Crippen LogP contribution in [0.5, 0.6) is 0 Å². The molecule has 1 aliphatic heterocycles. The van der Waals surface area contributed by atoms with E-state index in [0.717, 1.165) is 11.1 Å². The minimum Gasteiger partial charge on any atom is -0.465 e. The van der Waals surface area contributed by atoms with Gasteiger partial charge >= 0.3 is 5.97 Å². The second-order valence-electron chi connectivity index (χ2n) is 5.69. The molecule has 0 saturated carbocycles. The zero-order valence-electron chi connectivity index (χ0n) is 13.2. The lowest BCUT2D eigenvalue weighted by Crippen LogP contribution is -2.32. The van der Waals surface area contributed by atoms with Crippen LogP contribution in [0.25, 0.3) is 0 Å². The highest BCUT2D eigenvalue weighted by atomic mass is 16.5. The molecule has 23 heavy (non-hydrogen) atoms. The smallest absolute Gasteiger partial charge is 0.315 e. The number of carbonyl (C=O) groups excluding carboxylic acids is 1. The van der Waals surface area contributed by atoms with Crippen molar-refractivity contribution in [2.45, 2.75) is 18.5 Å². The highest BCUT2D eigenvalue weighted by molar-refractivity contribution is 5.78. The summed E-state index contributed by atoms with van der Waals surface area (Å²) >= 11 is 0. The van der Waals surface area contributed by atoms with Gasteiger partial charge in [-0.2, -0.15) is 0 Å². The normalized spacial score (nSPS) is 23.8. The third-order valence-corrected chi connectivity index (χ3v) is 4.41. The molecule has 1 saturated heterocycles. The first-order valence-electron chi connectivity index (χ1n) is 7.91. The van der Waals surface area contributed by atoms with Crippen molar-refractivity contribution in [2.75, 3.05) is 6.61 Å². The molecule has 1 unspecified atom stereocenters. The first kappa shape index (κ1) is 15.5. The number of esters is 1. The SMILES string of the molecule is C=CC(C(=O)OCC)[C@]1(c2ccccc2)N[C@H]1c1ccccc1. The molecule has 3 atom stereocenters. The molecule has 0 aromatic heterocycles. The van der Waals surface area contributed by atoms with Crippen LogP contribution in [-0.4, -0.2) is 12.6 Å². The molecule has 1 fully saturated rings. The molecule has 3 heteroatoms. The predicted molar refractivity (Wildman–Crippen MR) is 90.8 cm³/mol. The van der Waals surface area contributed by atoms with Crippen molar-refractivity contribution in [1.29, 1.82) is 0 Å². The summed E-state index contributed by atoms with van der Waals surface area (Å²) in [6.07, 6.45) is 1.70. The molecule has 2 aromatic carbocycles. The van der Waals surface area contributed by atoms with E-state index in [-0.39, 0.29) is 12.0 Å². The van der Waals surface area contributed by atoms with Crippen molar-refractivity contribution in [2.24, 2.45) is 5.92 Å². The molecular formula is C20H21NO2. The highest BCUT2D eigenvalue weighted by Gasteiger charge is 2.62. The van der Waals surface area contributed by atoms with Gasteiger partial charge in [0.05, 0.1) is 24.1 Å². The lowest BCUT2D eigenvalue weighted by atomic mass is 9.80. The first-order chi connectivity index (χ1) is 11.2. The number of benzene rings is 2. The van der Waals surface area contributed by atoms with Crippen LogP contribution < -0.4 is 5.32 Å². The standard InChI is InChI=1S/C20H21NO2/c1-3-17(19(22)23-4-2)20(16-13-9-6-10-14-16)18(21-20)15-11-7-5-8-12-15/h3,5-14,17-18,21H,1,4H2,2H3/t17?,18-,20-/m0/s1. The molecule has 0 radical (unpaired) electrons. The van der Waals surface area contributed by atoms with Gasteiger partial charge in [-0.25, -0.2) is 0 Å². The number of rotatable bonds is 6. The Labute approximate surface area is 137 Å². The molecule has 118 valence electrons. The fourth-order valence-electron chi connectivity index (χ4n) is 3.30. The molecular weight excluding hydrogens is 286 g/mol. The molecule has 1 aliphatic rings. The Morgan fingerprint density at radius 2 is 1.83 bits per heavy atom. The van der Waals surface area contributed by atoms with Crippen LogP contribution in [0, 0.1) is 5.92 Å². The maximum absolute atomic E-state index is 12.5. The minimum atomic E-state index is -0.489. The molecule has 0 bridgehead atoms. The maximum atomic E-state index is 12.5. The van der Waals surface area contributed by atoms with E-state index in [9.17, 15) is 4.79 Å². The quantitative estimate of drug-likeness (QED) is 0.504. The summed E-state index contributed by atoms with van der Waals surface area (Å²) in [6.45, 7) is 6.07. The lowest BCUT2D eigenvalue weighted by Gasteiger charge is -2.23. The molecule has 3 rings (SSSR count). The molecule has 1 heterocycles. The van der Waals surface area contributed by atoms with Crippen molar-refractivity contribution in [1.82, 2.24) is 5.32 Å². The van der Waals surface area contributed by atoms with Gasteiger partial charge in [-0.15, -0.1) is 6.58 Å². The van der Waals surface area contributed by atoms with Crippen LogP contribution >= 0.6 is 0 Å². The Balaban J connectivity index is 2.03. The Hall–Kier alpha value is -2.39. The van der Waals surface area contributed by atoms with E-state index in [0.29, 0.717) is 6.61 Å².